The fourth-order valence-electron chi connectivity index (χ4n) is 1.22. The summed E-state index contributed by atoms with van der Waals surface area (Å²) in [7, 11) is 0. The number of nitrogens with one attached hydrogen (secondary N) is 1. The van der Waals surface area contributed by atoms with Gasteiger partial charge in [-0.25, -0.2) is 4.98 Å². The molecule has 0 unspecified atom stereocenters. The molecule has 80 valence electrons. The molecule has 0 amide bonds. The van der Waals surface area contributed by atoms with Gasteiger partial charge in [-0.2, -0.15) is 0 Å². The van der Waals surface area contributed by atoms with E-state index in [0.29, 0.717) is 0 Å². The maximum atomic E-state index is 5.36. The maximum absolute atomic E-state index is 5.36. The first-order valence-corrected chi connectivity index (χ1v) is 6.21. The molecule has 0 atom stereocenters. The van der Waals surface area contributed by atoms with Gasteiger partial charge in [-0.15, -0.1) is 11.3 Å². The molecule has 2 aromatic heterocycles. The van der Waals surface area contributed by atoms with Crippen molar-refractivity contribution in [3.63, 3.8) is 0 Å². The van der Waals surface area contributed by atoms with Crippen molar-refractivity contribution in [2.24, 2.45) is 0 Å². The molecule has 0 fully saturated rings. The average molecular weight is 287 g/mol. The lowest BCUT2D eigenvalue weighted by Crippen LogP contribution is -2.11. The summed E-state index contributed by atoms with van der Waals surface area (Å²) in [5.74, 6) is 0.926. The van der Waals surface area contributed by atoms with Gasteiger partial charge < -0.3 is 9.73 Å². The maximum Gasteiger partial charge on any atom is 0.169 e. The van der Waals surface area contributed by atoms with Crippen molar-refractivity contribution in [2.75, 3.05) is 0 Å². The van der Waals surface area contributed by atoms with E-state index >= 15 is 0 Å². The number of thiazole rings is 1. The highest BCUT2D eigenvalue weighted by molar-refractivity contribution is 9.10. The Hall–Kier alpha value is -0.650. The van der Waals surface area contributed by atoms with Crippen LogP contribution in [0.15, 0.2) is 27.4 Å². The van der Waals surface area contributed by atoms with Crippen molar-refractivity contribution in [1.29, 1.82) is 0 Å². The summed E-state index contributed by atoms with van der Waals surface area (Å²) >= 11 is 4.98. The Bertz CT molecular complexity index is 398. The van der Waals surface area contributed by atoms with Crippen molar-refractivity contribution in [3.05, 3.63) is 38.6 Å². The van der Waals surface area contributed by atoms with Crippen molar-refractivity contribution in [1.82, 2.24) is 10.3 Å². The third kappa shape index (κ3) is 3.15. The third-order valence-electron chi connectivity index (χ3n) is 1.87. The van der Waals surface area contributed by atoms with Gasteiger partial charge in [0.2, 0.25) is 0 Å². The number of halogens is 1. The van der Waals surface area contributed by atoms with Crippen molar-refractivity contribution >= 4 is 27.3 Å². The van der Waals surface area contributed by atoms with E-state index in [0.717, 1.165) is 28.5 Å². The van der Waals surface area contributed by atoms with Gasteiger partial charge in [0.05, 0.1) is 6.54 Å². The van der Waals surface area contributed by atoms with Crippen LogP contribution in [0.25, 0.3) is 0 Å². The molecule has 3 nitrogen and oxygen atoms in total. The number of hydrogen-bond acceptors (Lipinski definition) is 4. The van der Waals surface area contributed by atoms with Gasteiger partial charge >= 0.3 is 0 Å². The molecule has 0 aromatic carbocycles. The van der Waals surface area contributed by atoms with Gasteiger partial charge in [-0.3, -0.25) is 0 Å². The molecule has 2 aromatic rings. The predicted molar refractivity (Wildman–Crippen MR) is 63.8 cm³/mol. The Morgan fingerprint density at radius 2 is 2.33 bits per heavy atom. The number of aryl methyl sites for hydroxylation is 1. The lowest BCUT2D eigenvalue weighted by Gasteiger charge is -1.98. The second-order valence-electron chi connectivity index (χ2n) is 3.17. The molecule has 0 aliphatic heterocycles. The quantitative estimate of drug-likeness (QED) is 0.939. The Labute approximate surface area is 101 Å². The van der Waals surface area contributed by atoms with E-state index in [2.05, 4.69) is 33.2 Å². The number of rotatable bonds is 4. The van der Waals surface area contributed by atoms with Gasteiger partial charge in [0.15, 0.2) is 4.67 Å². The van der Waals surface area contributed by atoms with Gasteiger partial charge in [-0.05, 0) is 35.0 Å². The summed E-state index contributed by atoms with van der Waals surface area (Å²) in [6.07, 6.45) is 1.89. The van der Waals surface area contributed by atoms with Gasteiger partial charge in [0, 0.05) is 17.6 Å². The lowest BCUT2D eigenvalue weighted by atomic mass is 10.4. The molecular formula is C10H11BrN2OS. The zero-order valence-electron chi connectivity index (χ0n) is 8.29. The van der Waals surface area contributed by atoms with Crippen LogP contribution in [0, 0.1) is 6.92 Å². The van der Waals surface area contributed by atoms with E-state index in [9.17, 15) is 0 Å². The molecule has 0 radical (unpaired) electrons. The Balaban J connectivity index is 1.80. The highest BCUT2D eigenvalue weighted by Crippen LogP contribution is 2.14. The molecule has 0 aliphatic rings. The number of hydrogen-bond donors (Lipinski definition) is 1. The second-order valence-corrected chi connectivity index (χ2v) is 5.27. The summed E-state index contributed by atoms with van der Waals surface area (Å²) < 4.78 is 6.13. The summed E-state index contributed by atoms with van der Waals surface area (Å²) in [6, 6.07) is 3.84. The second kappa shape index (κ2) is 4.92. The zero-order valence-corrected chi connectivity index (χ0v) is 10.7. The standard InChI is InChI=1S/C10H11BrN2OS/c1-7-4-13-10(15-7)6-12-5-8-2-3-9(11)14-8/h2-4,12H,5-6H2,1H3. The average Bonchev–Trinajstić information content (AvgIpc) is 2.76. The van der Waals surface area contributed by atoms with Crippen LogP contribution in [-0.2, 0) is 13.1 Å². The van der Waals surface area contributed by atoms with E-state index in [1.807, 2.05) is 18.3 Å². The highest BCUT2D eigenvalue weighted by Gasteiger charge is 2.01. The zero-order chi connectivity index (χ0) is 10.7. The molecule has 15 heavy (non-hydrogen) atoms. The van der Waals surface area contributed by atoms with E-state index in [-0.39, 0.29) is 0 Å². The summed E-state index contributed by atoms with van der Waals surface area (Å²) in [4.78, 5) is 5.51. The minimum atomic E-state index is 0.726. The normalized spacial score (nSPS) is 10.8. The minimum Gasteiger partial charge on any atom is -0.453 e. The van der Waals surface area contributed by atoms with E-state index in [4.69, 9.17) is 4.42 Å². The first-order valence-electron chi connectivity index (χ1n) is 4.60. The van der Waals surface area contributed by atoms with Crippen LogP contribution < -0.4 is 5.32 Å². The van der Waals surface area contributed by atoms with Crippen LogP contribution in [0.1, 0.15) is 15.6 Å². The molecule has 0 aliphatic carbocycles. The Morgan fingerprint density at radius 3 is 2.93 bits per heavy atom. The molecule has 0 saturated heterocycles. The molecule has 0 spiro atoms. The summed E-state index contributed by atoms with van der Waals surface area (Å²) in [5.41, 5.74) is 0. The van der Waals surface area contributed by atoms with Crippen molar-refractivity contribution in [2.45, 2.75) is 20.0 Å². The van der Waals surface area contributed by atoms with Crippen LogP contribution in [0.5, 0.6) is 0 Å². The highest BCUT2D eigenvalue weighted by atomic mass is 79.9. The molecule has 0 saturated carbocycles. The number of furan rings is 1. The first-order chi connectivity index (χ1) is 7.24. The largest absolute Gasteiger partial charge is 0.453 e. The topological polar surface area (TPSA) is 38.1 Å². The summed E-state index contributed by atoms with van der Waals surface area (Å²) in [6.45, 7) is 3.58. The van der Waals surface area contributed by atoms with Crippen LogP contribution in [0.4, 0.5) is 0 Å². The van der Waals surface area contributed by atoms with E-state index < -0.39 is 0 Å². The van der Waals surface area contributed by atoms with Crippen LogP contribution >= 0.6 is 27.3 Å². The first kappa shape index (κ1) is 10.9. The van der Waals surface area contributed by atoms with E-state index in [1.54, 1.807) is 11.3 Å². The van der Waals surface area contributed by atoms with Crippen LogP contribution in [-0.4, -0.2) is 4.98 Å². The van der Waals surface area contributed by atoms with Gasteiger partial charge in [0.1, 0.15) is 10.8 Å². The van der Waals surface area contributed by atoms with Gasteiger partial charge in [-0.1, -0.05) is 0 Å². The lowest BCUT2D eigenvalue weighted by molar-refractivity contribution is 0.465. The molecule has 5 heteroatoms. The van der Waals surface area contributed by atoms with Crippen LogP contribution in [0.2, 0.25) is 0 Å². The van der Waals surface area contributed by atoms with Crippen molar-refractivity contribution < 1.29 is 4.42 Å². The monoisotopic (exact) mass is 286 g/mol. The van der Waals surface area contributed by atoms with Crippen LogP contribution in [0.3, 0.4) is 0 Å². The molecular weight excluding hydrogens is 276 g/mol. The number of nitrogens with zero attached hydrogens (tertiary/aromatic N) is 1. The molecule has 2 heterocycles. The smallest absolute Gasteiger partial charge is 0.169 e. The Kier molecular flexibility index (Phi) is 3.56. The Morgan fingerprint density at radius 1 is 1.47 bits per heavy atom. The number of aromatic nitrogens is 1. The molecule has 1 N–H and O–H groups in total. The summed E-state index contributed by atoms with van der Waals surface area (Å²) in [5, 5.41) is 4.39. The van der Waals surface area contributed by atoms with Gasteiger partial charge in [0.25, 0.3) is 0 Å². The molecule has 2 rings (SSSR count). The SMILES string of the molecule is Cc1cnc(CNCc2ccc(Br)o2)s1. The van der Waals surface area contributed by atoms with Crippen molar-refractivity contribution in [3.8, 4) is 0 Å². The fraction of sp³-hybridized carbons (Fsp3) is 0.300. The van der Waals surface area contributed by atoms with E-state index in [1.165, 1.54) is 4.88 Å². The fourth-order valence-corrected chi connectivity index (χ4v) is 2.32. The third-order valence-corrected chi connectivity index (χ3v) is 3.21. The predicted octanol–water partition coefficient (Wildman–Crippen LogP) is 3.10. The minimum absolute atomic E-state index is 0.726. The molecule has 0 bridgehead atoms.